The lowest BCUT2D eigenvalue weighted by atomic mass is 9.81. The summed E-state index contributed by atoms with van der Waals surface area (Å²) in [5.41, 5.74) is 14.1. The number of alkyl halides is 3. The maximum absolute atomic E-state index is 13.4. The Hall–Kier alpha value is -2.81. The van der Waals surface area contributed by atoms with Crippen LogP contribution in [0, 0.1) is 6.92 Å². The molecule has 1 aliphatic rings. The van der Waals surface area contributed by atoms with E-state index in [2.05, 4.69) is 15.4 Å². The highest BCUT2D eigenvalue weighted by atomic mass is 19.4. The average Bonchev–Trinajstić information content (AvgIpc) is 3.12. The molecule has 0 atom stereocenters. The number of nitrogens with one attached hydrogen (secondary N) is 1. The van der Waals surface area contributed by atoms with Crippen molar-refractivity contribution in [2.45, 2.75) is 50.7 Å². The first-order chi connectivity index (χ1) is 13.7. The molecule has 0 amide bonds. The largest absolute Gasteiger partial charge is 0.416 e. The van der Waals surface area contributed by atoms with Crippen molar-refractivity contribution >= 4 is 22.8 Å². The quantitative estimate of drug-likeness (QED) is 0.603. The van der Waals surface area contributed by atoms with Crippen molar-refractivity contribution in [1.29, 1.82) is 0 Å². The predicted octanol–water partition coefficient (Wildman–Crippen LogP) is 4.37. The number of aromatic nitrogens is 3. The van der Waals surface area contributed by atoms with Gasteiger partial charge in [0.25, 0.3) is 0 Å². The van der Waals surface area contributed by atoms with Gasteiger partial charge in [0.15, 0.2) is 5.65 Å². The molecule has 29 heavy (non-hydrogen) atoms. The summed E-state index contributed by atoms with van der Waals surface area (Å²) in [6.45, 7) is 1.44. The lowest BCUT2D eigenvalue weighted by Gasteiger charge is -2.29. The molecule has 0 aliphatic heterocycles. The Morgan fingerprint density at radius 3 is 2.59 bits per heavy atom. The lowest BCUT2D eigenvalue weighted by Crippen LogP contribution is -2.26. The molecule has 0 bridgehead atoms. The fraction of sp³-hybridized carbons (Fsp3) is 0.400. The summed E-state index contributed by atoms with van der Waals surface area (Å²) in [4.78, 5) is 4.35. The highest BCUT2D eigenvalue weighted by Crippen LogP contribution is 2.42. The molecule has 6 nitrogen and oxygen atoms in total. The van der Waals surface area contributed by atoms with E-state index < -0.39 is 11.7 Å². The van der Waals surface area contributed by atoms with Crippen molar-refractivity contribution in [3.8, 4) is 0 Å². The second-order valence-corrected chi connectivity index (χ2v) is 7.63. The number of rotatable bonds is 3. The Bertz CT molecular complexity index is 1030. The molecule has 2 heterocycles. The standard InChI is InChI=1S/C20H23F3N6/c1-11-2-7-14(10-15(11)20(21,22)23)27-17-16(12-3-5-13(24)6-4-12)18(25)28-29-9-8-26-19(17)29/h2,7-10,12-13,27H,3-6,24H2,1H3,(H2,25,28). The van der Waals surface area contributed by atoms with Crippen LogP contribution in [0.25, 0.3) is 5.65 Å². The Morgan fingerprint density at radius 2 is 1.90 bits per heavy atom. The summed E-state index contributed by atoms with van der Waals surface area (Å²) >= 11 is 0. The van der Waals surface area contributed by atoms with Crippen LogP contribution in [0.5, 0.6) is 0 Å². The van der Waals surface area contributed by atoms with Gasteiger partial charge >= 0.3 is 6.18 Å². The topological polar surface area (TPSA) is 94.3 Å². The number of anilines is 3. The third kappa shape index (κ3) is 3.74. The van der Waals surface area contributed by atoms with Gasteiger partial charge in [0.05, 0.1) is 11.3 Å². The van der Waals surface area contributed by atoms with E-state index in [0.717, 1.165) is 37.3 Å². The van der Waals surface area contributed by atoms with Gasteiger partial charge in [-0.15, -0.1) is 5.10 Å². The first-order valence-corrected chi connectivity index (χ1v) is 9.57. The number of benzene rings is 1. The minimum atomic E-state index is -4.43. The fourth-order valence-electron chi connectivity index (χ4n) is 4.07. The Kier molecular flexibility index (Phi) is 4.85. The molecule has 1 aliphatic carbocycles. The van der Waals surface area contributed by atoms with E-state index in [4.69, 9.17) is 11.5 Å². The number of aryl methyl sites for hydroxylation is 1. The van der Waals surface area contributed by atoms with Gasteiger partial charge in [0.1, 0.15) is 5.82 Å². The molecule has 0 saturated heterocycles. The van der Waals surface area contributed by atoms with Crippen LogP contribution >= 0.6 is 0 Å². The number of fused-ring (bicyclic) bond motifs is 1. The molecule has 5 N–H and O–H groups in total. The van der Waals surface area contributed by atoms with Crippen LogP contribution in [0.1, 0.15) is 48.3 Å². The van der Waals surface area contributed by atoms with Crippen molar-refractivity contribution in [2.75, 3.05) is 11.1 Å². The van der Waals surface area contributed by atoms with Crippen LogP contribution in [0.4, 0.5) is 30.4 Å². The predicted molar refractivity (Wildman–Crippen MR) is 106 cm³/mol. The van der Waals surface area contributed by atoms with E-state index in [-0.39, 0.29) is 17.5 Å². The molecule has 3 aromatic rings. The Balaban J connectivity index is 1.81. The van der Waals surface area contributed by atoms with Gasteiger partial charge in [-0.05, 0) is 56.2 Å². The van der Waals surface area contributed by atoms with Gasteiger partial charge in [-0.1, -0.05) is 6.07 Å². The van der Waals surface area contributed by atoms with Crippen molar-refractivity contribution in [3.05, 3.63) is 47.3 Å². The number of imidazole rings is 1. The summed E-state index contributed by atoms with van der Waals surface area (Å²) < 4.78 is 41.6. The van der Waals surface area contributed by atoms with Gasteiger partial charge in [-0.2, -0.15) is 13.2 Å². The number of halogens is 3. The first kappa shape index (κ1) is 19.5. The summed E-state index contributed by atoms with van der Waals surface area (Å²) in [6.07, 6.45) is 2.25. The second-order valence-electron chi connectivity index (χ2n) is 7.63. The van der Waals surface area contributed by atoms with E-state index in [9.17, 15) is 13.2 Å². The summed E-state index contributed by atoms with van der Waals surface area (Å²) in [5.74, 6) is 0.473. The van der Waals surface area contributed by atoms with E-state index in [1.165, 1.54) is 17.5 Å². The van der Waals surface area contributed by atoms with Crippen LogP contribution < -0.4 is 16.8 Å². The van der Waals surface area contributed by atoms with Crippen molar-refractivity contribution in [3.63, 3.8) is 0 Å². The number of hydrogen-bond acceptors (Lipinski definition) is 5. The van der Waals surface area contributed by atoms with Gasteiger partial charge in [-0.3, -0.25) is 0 Å². The number of hydrogen-bond donors (Lipinski definition) is 3. The van der Waals surface area contributed by atoms with Crippen LogP contribution in [0.3, 0.4) is 0 Å². The van der Waals surface area contributed by atoms with E-state index in [1.54, 1.807) is 18.5 Å². The maximum atomic E-state index is 13.4. The molecule has 1 saturated carbocycles. The summed E-state index contributed by atoms with van der Waals surface area (Å²) in [6, 6.07) is 4.36. The average molecular weight is 404 g/mol. The van der Waals surface area contributed by atoms with E-state index in [0.29, 0.717) is 22.8 Å². The first-order valence-electron chi connectivity index (χ1n) is 9.57. The monoisotopic (exact) mass is 404 g/mol. The van der Waals surface area contributed by atoms with E-state index >= 15 is 0 Å². The molecule has 2 aromatic heterocycles. The van der Waals surface area contributed by atoms with Crippen LogP contribution in [0.2, 0.25) is 0 Å². The summed E-state index contributed by atoms with van der Waals surface area (Å²) in [7, 11) is 0. The molecule has 9 heteroatoms. The Labute approximate surface area is 166 Å². The highest BCUT2D eigenvalue weighted by Gasteiger charge is 2.33. The van der Waals surface area contributed by atoms with Gasteiger partial charge in [-0.25, -0.2) is 9.50 Å². The smallest absolute Gasteiger partial charge is 0.382 e. The van der Waals surface area contributed by atoms with Crippen molar-refractivity contribution in [2.24, 2.45) is 5.73 Å². The normalized spacial score (nSPS) is 20.2. The third-order valence-electron chi connectivity index (χ3n) is 5.60. The lowest BCUT2D eigenvalue weighted by molar-refractivity contribution is -0.138. The van der Waals surface area contributed by atoms with Gasteiger partial charge in [0, 0.05) is 29.7 Å². The molecule has 0 radical (unpaired) electrons. The molecular formula is C20H23F3N6. The molecule has 1 aromatic carbocycles. The molecule has 154 valence electrons. The van der Waals surface area contributed by atoms with Crippen LogP contribution in [-0.2, 0) is 6.18 Å². The van der Waals surface area contributed by atoms with Gasteiger partial charge in [0.2, 0.25) is 0 Å². The third-order valence-corrected chi connectivity index (χ3v) is 5.60. The Morgan fingerprint density at radius 1 is 1.17 bits per heavy atom. The van der Waals surface area contributed by atoms with Gasteiger partial charge < -0.3 is 16.8 Å². The zero-order chi connectivity index (χ0) is 20.8. The molecule has 0 spiro atoms. The maximum Gasteiger partial charge on any atom is 0.416 e. The van der Waals surface area contributed by atoms with Crippen LogP contribution in [-0.4, -0.2) is 20.6 Å². The molecule has 0 unspecified atom stereocenters. The number of nitrogens with zero attached hydrogens (tertiary/aromatic N) is 3. The number of nitrogens with two attached hydrogens (primary N) is 2. The number of nitrogen functional groups attached to an aromatic ring is 1. The fourth-order valence-corrected chi connectivity index (χ4v) is 4.07. The minimum Gasteiger partial charge on any atom is -0.382 e. The summed E-state index contributed by atoms with van der Waals surface area (Å²) in [5, 5.41) is 7.54. The van der Waals surface area contributed by atoms with Crippen LogP contribution in [0.15, 0.2) is 30.6 Å². The highest BCUT2D eigenvalue weighted by molar-refractivity contribution is 5.81. The second kappa shape index (κ2) is 7.22. The molecule has 1 fully saturated rings. The minimum absolute atomic E-state index is 0.124. The SMILES string of the molecule is Cc1ccc(Nc2c(C3CCC(N)CC3)c(N)nn3ccnc23)cc1C(F)(F)F. The zero-order valence-corrected chi connectivity index (χ0v) is 16.0. The van der Waals surface area contributed by atoms with E-state index in [1.807, 2.05) is 0 Å². The zero-order valence-electron chi connectivity index (χ0n) is 16.0. The molecular weight excluding hydrogens is 381 g/mol. The molecule has 4 rings (SSSR count). The van der Waals surface area contributed by atoms with Crippen molar-refractivity contribution < 1.29 is 13.2 Å². The van der Waals surface area contributed by atoms with Crippen molar-refractivity contribution in [1.82, 2.24) is 14.6 Å².